The summed E-state index contributed by atoms with van der Waals surface area (Å²) in [4.78, 5) is 0. The zero-order valence-corrected chi connectivity index (χ0v) is 11.6. The van der Waals surface area contributed by atoms with Crippen molar-refractivity contribution >= 4 is 21.6 Å². The molecule has 0 amide bonds. The second kappa shape index (κ2) is 6.57. The fraction of sp³-hybridized carbons (Fsp3) is 0.200. The maximum Gasteiger partial charge on any atom is 0.0806 e. The van der Waals surface area contributed by atoms with E-state index in [9.17, 15) is 5.11 Å². The van der Waals surface area contributed by atoms with Crippen LogP contribution in [0.25, 0.3) is 0 Å². The summed E-state index contributed by atoms with van der Waals surface area (Å²) in [5.74, 6) is 0. The highest BCUT2D eigenvalue weighted by molar-refractivity contribution is 9.10. The maximum absolute atomic E-state index is 10.00. The lowest BCUT2D eigenvalue weighted by Crippen LogP contribution is -2.07. The summed E-state index contributed by atoms with van der Waals surface area (Å²) in [7, 11) is 0. The second-order valence-corrected chi connectivity index (χ2v) is 5.06. The number of aliphatic hydroxyl groups excluding tert-OH is 1. The number of rotatable bonds is 5. The van der Waals surface area contributed by atoms with Crippen molar-refractivity contribution < 1.29 is 5.11 Å². The van der Waals surface area contributed by atoms with Gasteiger partial charge in [-0.3, -0.25) is 0 Å². The summed E-state index contributed by atoms with van der Waals surface area (Å²) < 4.78 is 1.07. The Labute approximate surface area is 116 Å². The van der Waals surface area contributed by atoms with E-state index in [0.717, 1.165) is 22.3 Å². The molecule has 2 N–H and O–H groups in total. The van der Waals surface area contributed by atoms with Crippen molar-refractivity contribution in [2.24, 2.45) is 0 Å². The standard InChI is InChI=1S/C15H16BrNO/c16-13-6-8-14(9-7-13)17-11-10-15(18)12-4-2-1-3-5-12/h1-9,15,17-18H,10-11H2/t15-/m1/s1. The van der Waals surface area contributed by atoms with Crippen molar-refractivity contribution in [1.29, 1.82) is 0 Å². The smallest absolute Gasteiger partial charge is 0.0806 e. The Morgan fingerprint density at radius 1 is 1.00 bits per heavy atom. The summed E-state index contributed by atoms with van der Waals surface area (Å²) in [6.07, 6.45) is 0.286. The molecular formula is C15H16BrNO. The van der Waals surface area contributed by atoms with Gasteiger partial charge in [0.15, 0.2) is 0 Å². The molecule has 2 aromatic carbocycles. The van der Waals surface area contributed by atoms with Crippen LogP contribution >= 0.6 is 15.9 Å². The predicted molar refractivity (Wildman–Crippen MR) is 78.7 cm³/mol. The van der Waals surface area contributed by atoms with Crippen LogP contribution < -0.4 is 5.32 Å². The molecule has 0 radical (unpaired) electrons. The van der Waals surface area contributed by atoms with Gasteiger partial charge in [0.05, 0.1) is 6.10 Å². The molecule has 0 aliphatic rings. The molecule has 2 nitrogen and oxygen atoms in total. The highest BCUT2D eigenvalue weighted by Crippen LogP contribution is 2.17. The van der Waals surface area contributed by atoms with E-state index in [-0.39, 0.29) is 0 Å². The fourth-order valence-electron chi connectivity index (χ4n) is 1.76. The van der Waals surface area contributed by atoms with Crippen molar-refractivity contribution in [2.45, 2.75) is 12.5 Å². The van der Waals surface area contributed by atoms with Gasteiger partial charge in [-0.1, -0.05) is 46.3 Å². The molecule has 2 rings (SSSR count). The summed E-state index contributed by atoms with van der Waals surface area (Å²) in [5.41, 5.74) is 2.04. The second-order valence-electron chi connectivity index (χ2n) is 4.15. The van der Waals surface area contributed by atoms with Gasteiger partial charge in [-0.15, -0.1) is 0 Å². The molecule has 0 heterocycles. The minimum absolute atomic E-state index is 0.408. The molecule has 0 aromatic heterocycles. The monoisotopic (exact) mass is 305 g/mol. The van der Waals surface area contributed by atoms with E-state index in [1.807, 2.05) is 54.6 Å². The molecule has 0 fully saturated rings. The summed E-state index contributed by atoms with van der Waals surface area (Å²) in [6.45, 7) is 0.748. The highest BCUT2D eigenvalue weighted by atomic mass is 79.9. The van der Waals surface area contributed by atoms with Crippen LogP contribution in [0.2, 0.25) is 0 Å². The van der Waals surface area contributed by atoms with E-state index in [0.29, 0.717) is 6.42 Å². The van der Waals surface area contributed by atoms with Crippen molar-refractivity contribution in [1.82, 2.24) is 0 Å². The van der Waals surface area contributed by atoms with Gasteiger partial charge < -0.3 is 10.4 Å². The Bertz CT molecular complexity index is 470. The van der Waals surface area contributed by atoms with Gasteiger partial charge >= 0.3 is 0 Å². The number of hydrogen-bond donors (Lipinski definition) is 2. The molecule has 18 heavy (non-hydrogen) atoms. The number of hydrogen-bond acceptors (Lipinski definition) is 2. The van der Waals surface area contributed by atoms with Gasteiger partial charge in [0.25, 0.3) is 0 Å². The van der Waals surface area contributed by atoms with Crippen LogP contribution in [0.3, 0.4) is 0 Å². The van der Waals surface area contributed by atoms with Crippen LogP contribution in [0.4, 0.5) is 5.69 Å². The van der Waals surface area contributed by atoms with Crippen molar-refractivity contribution in [3.63, 3.8) is 0 Å². The lowest BCUT2D eigenvalue weighted by molar-refractivity contribution is 0.171. The SMILES string of the molecule is O[C@H](CCNc1ccc(Br)cc1)c1ccccc1. The minimum Gasteiger partial charge on any atom is -0.388 e. The molecule has 94 valence electrons. The fourth-order valence-corrected chi connectivity index (χ4v) is 2.03. The number of halogens is 1. The van der Waals surface area contributed by atoms with Gasteiger partial charge in [0.1, 0.15) is 0 Å². The Kier molecular flexibility index (Phi) is 4.79. The van der Waals surface area contributed by atoms with Crippen molar-refractivity contribution in [2.75, 3.05) is 11.9 Å². The Morgan fingerprint density at radius 3 is 2.33 bits per heavy atom. The van der Waals surface area contributed by atoms with E-state index in [2.05, 4.69) is 21.2 Å². The quantitative estimate of drug-likeness (QED) is 0.875. The Morgan fingerprint density at radius 2 is 1.67 bits per heavy atom. The summed E-state index contributed by atoms with van der Waals surface area (Å²) in [6, 6.07) is 17.8. The lowest BCUT2D eigenvalue weighted by atomic mass is 10.1. The Hall–Kier alpha value is -1.32. The number of benzene rings is 2. The van der Waals surface area contributed by atoms with Crippen LogP contribution in [0.5, 0.6) is 0 Å². The van der Waals surface area contributed by atoms with Crippen molar-refractivity contribution in [3.05, 3.63) is 64.6 Å². The van der Waals surface area contributed by atoms with E-state index in [4.69, 9.17) is 0 Å². The predicted octanol–water partition coefficient (Wildman–Crippen LogP) is 3.98. The normalized spacial score (nSPS) is 12.1. The average Bonchev–Trinajstić information content (AvgIpc) is 2.42. The third-order valence-corrected chi connectivity index (χ3v) is 3.30. The van der Waals surface area contributed by atoms with Crippen molar-refractivity contribution in [3.8, 4) is 0 Å². The molecule has 0 aliphatic heterocycles. The topological polar surface area (TPSA) is 32.3 Å². The number of aliphatic hydroxyl groups is 1. The molecule has 1 atom stereocenters. The van der Waals surface area contributed by atoms with Gasteiger partial charge in [0, 0.05) is 16.7 Å². The maximum atomic E-state index is 10.00. The molecule has 0 saturated heterocycles. The van der Waals surface area contributed by atoms with Crippen LogP contribution in [0.15, 0.2) is 59.1 Å². The third kappa shape index (κ3) is 3.86. The van der Waals surface area contributed by atoms with Gasteiger partial charge in [-0.25, -0.2) is 0 Å². The molecule has 0 bridgehead atoms. The molecule has 0 saturated carbocycles. The van der Waals surface area contributed by atoms with Crippen LogP contribution in [-0.4, -0.2) is 11.7 Å². The van der Waals surface area contributed by atoms with Crippen LogP contribution in [-0.2, 0) is 0 Å². The molecular weight excluding hydrogens is 290 g/mol. The molecule has 2 aromatic rings. The van der Waals surface area contributed by atoms with Crippen LogP contribution in [0, 0.1) is 0 Å². The van der Waals surface area contributed by atoms with E-state index in [1.165, 1.54) is 0 Å². The summed E-state index contributed by atoms with van der Waals surface area (Å²) in [5, 5.41) is 13.3. The Balaban J connectivity index is 1.80. The zero-order valence-electron chi connectivity index (χ0n) is 10.0. The van der Waals surface area contributed by atoms with E-state index < -0.39 is 6.10 Å². The summed E-state index contributed by atoms with van der Waals surface area (Å²) >= 11 is 3.40. The molecule has 0 unspecified atom stereocenters. The first-order valence-electron chi connectivity index (χ1n) is 5.98. The first-order chi connectivity index (χ1) is 8.75. The molecule has 0 aliphatic carbocycles. The number of anilines is 1. The highest BCUT2D eigenvalue weighted by Gasteiger charge is 2.05. The molecule has 0 spiro atoms. The van der Waals surface area contributed by atoms with Gasteiger partial charge in [0.2, 0.25) is 0 Å². The minimum atomic E-state index is -0.408. The zero-order chi connectivity index (χ0) is 12.8. The number of nitrogens with one attached hydrogen (secondary N) is 1. The first-order valence-corrected chi connectivity index (χ1v) is 6.77. The molecule has 3 heteroatoms. The van der Waals surface area contributed by atoms with Crippen LogP contribution in [0.1, 0.15) is 18.1 Å². The average molecular weight is 306 g/mol. The van der Waals surface area contributed by atoms with E-state index >= 15 is 0 Å². The van der Waals surface area contributed by atoms with Gasteiger partial charge in [-0.2, -0.15) is 0 Å². The van der Waals surface area contributed by atoms with E-state index in [1.54, 1.807) is 0 Å². The lowest BCUT2D eigenvalue weighted by Gasteiger charge is -2.12. The first kappa shape index (κ1) is 13.1. The largest absolute Gasteiger partial charge is 0.388 e. The van der Waals surface area contributed by atoms with Gasteiger partial charge in [-0.05, 0) is 36.2 Å². The third-order valence-electron chi connectivity index (χ3n) is 2.78.